The summed E-state index contributed by atoms with van der Waals surface area (Å²) in [4.78, 5) is 27.2. The zero-order valence-corrected chi connectivity index (χ0v) is 12.8. The van der Waals surface area contributed by atoms with Crippen molar-refractivity contribution in [1.82, 2.24) is 9.80 Å². The highest BCUT2D eigenvalue weighted by Crippen LogP contribution is 2.32. The summed E-state index contributed by atoms with van der Waals surface area (Å²) in [6.45, 7) is 0.284. The van der Waals surface area contributed by atoms with E-state index in [0.717, 1.165) is 5.56 Å². The van der Waals surface area contributed by atoms with Crippen LogP contribution in [-0.4, -0.2) is 57.5 Å². The number of carbonyl (C=O) groups excluding carboxylic acids is 2. The Hall–Kier alpha value is -1.60. The van der Waals surface area contributed by atoms with Gasteiger partial charge in [-0.3, -0.25) is 9.59 Å². The van der Waals surface area contributed by atoms with Crippen molar-refractivity contribution < 1.29 is 19.1 Å². The van der Waals surface area contributed by atoms with Gasteiger partial charge < -0.3 is 14.9 Å². The number of aliphatic hydroxyl groups excluding tert-OH is 1. The summed E-state index contributed by atoms with van der Waals surface area (Å²) in [6.07, 6.45) is -0.164. The highest BCUT2D eigenvalue weighted by molar-refractivity contribution is 8.00. The lowest BCUT2D eigenvalue weighted by atomic mass is 10.0. The fraction of sp³-hybridized carbons (Fsp3) is 0.467. The highest BCUT2D eigenvalue weighted by Gasteiger charge is 2.36. The van der Waals surface area contributed by atoms with E-state index in [1.54, 1.807) is 17.0 Å². The molecule has 118 valence electrons. The van der Waals surface area contributed by atoms with Crippen LogP contribution in [0.25, 0.3) is 0 Å². The van der Waals surface area contributed by atoms with Gasteiger partial charge in [-0.1, -0.05) is 12.1 Å². The summed E-state index contributed by atoms with van der Waals surface area (Å²) in [7, 11) is 0. The van der Waals surface area contributed by atoms with Crippen LogP contribution in [0.15, 0.2) is 24.3 Å². The van der Waals surface area contributed by atoms with Crippen LogP contribution < -0.4 is 0 Å². The Morgan fingerprint density at radius 1 is 1.36 bits per heavy atom. The third-order valence-electron chi connectivity index (χ3n) is 4.01. The number of carbonyl (C=O) groups is 2. The predicted molar refractivity (Wildman–Crippen MR) is 80.5 cm³/mol. The lowest BCUT2D eigenvalue weighted by Gasteiger charge is -2.27. The molecule has 2 atom stereocenters. The van der Waals surface area contributed by atoms with E-state index in [-0.39, 0.29) is 36.8 Å². The van der Waals surface area contributed by atoms with E-state index in [1.165, 1.54) is 28.8 Å². The Morgan fingerprint density at radius 2 is 2.09 bits per heavy atom. The van der Waals surface area contributed by atoms with Crippen molar-refractivity contribution in [2.75, 3.05) is 24.7 Å². The third kappa shape index (κ3) is 3.10. The second-order valence-electron chi connectivity index (χ2n) is 5.57. The second-order valence-corrected chi connectivity index (χ2v) is 6.53. The van der Waals surface area contributed by atoms with Crippen molar-refractivity contribution in [3.05, 3.63) is 35.6 Å². The first-order chi connectivity index (χ1) is 10.5. The summed E-state index contributed by atoms with van der Waals surface area (Å²) in [6, 6.07) is 5.70. The Bertz CT molecular complexity index is 581. The van der Waals surface area contributed by atoms with E-state index in [1.807, 2.05) is 0 Å². The number of hydrogen-bond acceptors (Lipinski definition) is 4. The smallest absolute Gasteiger partial charge is 0.242 e. The van der Waals surface area contributed by atoms with Crippen molar-refractivity contribution in [3.8, 4) is 0 Å². The number of rotatable bonds is 3. The largest absolute Gasteiger partial charge is 0.391 e. The first-order valence-corrected chi connectivity index (χ1v) is 8.28. The van der Waals surface area contributed by atoms with Gasteiger partial charge in [0.25, 0.3) is 0 Å². The number of halogens is 1. The first kappa shape index (κ1) is 15.3. The third-order valence-corrected chi connectivity index (χ3v) is 4.95. The standard InChI is InChI=1S/C15H17FN2O3S/c16-11-3-1-10(2-4-11)13-5-12(19)6-18(13)14(20)7-17-9-22-8-15(17)21/h1-4,12-13,19H,5-9H2/t12-,13-/m0/s1. The van der Waals surface area contributed by atoms with Crippen LogP contribution in [0.5, 0.6) is 0 Å². The van der Waals surface area contributed by atoms with Crippen LogP contribution in [0.4, 0.5) is 4.39 Å². The van der Waals surface area contributed by atoms with Gasteiger partial charge in [0.2, 0.25) is 11.8 Å². The molecular formula is C15H17FN2O3S. The normalized spacial score (nSPS) is 25.1. The van der Waals surface area contributed by atoms with Crippen LogP contribution in [0.1, 0.15) is 18.0 Å². The van der Waals surface area contributed by atoms with Gasteiger partial charge in [0.05, 0.1) is 23.8 Å². The summed E-state index contributed by atoms with van der Waals surface area (Å²) in [5.41, 5.74) is 0.799. The summed E-state index contributed by atoms with van der Waals surface area (Å²) in [5, 5.41) is 9.90. The van der Waals surface area contributed by atoms with Crippen LogP contribution in [0.2, 0.25) is 0 Å². The van der Waals surface area contributed by atoms with Crippen molar-refractivity contribution in [2.45, 2.75) is 18.6 Å². The molecule has 22 heavy (non-hydrogen) atoms. The van der Waals surface area contributed by atoms with Gasteiger partial charge in [0, 0.05) is 6.54 Å². The van der Waals surface area contributed by atoms with Crippen LogP contribution in [-0.2, 0) is 9.59 Å². The fourth-order valence-corrected chi connectivity index (χ4v) is 3.79. The number of benzene rings is 1. The van der Waals surface area contributed by atoms with E-state index in [2.05, 4.69) is 0 Å². The van der Waals surface area contributed by atoms with E-state index >= 15 is 0 Å². The zero-order valence-electron chi connectivity index (χ0n) is 11.9. The molecule has 2 aliphatic rings. The van der Waals surface area contributed by atoms with E-state index < -0.39 is 6.10 Å². The lowest BCUT2D eigenvalue weighted by molar-refractivity contribution is -0.138. The minimum atomic E-state index is -0.595. The Kier molecular flexibility index (Phi) is 4.35. The second kappa shape index (κ2) is 6.26. The monoisotopic (exact) mass is 324 g/mol. The summed E-state index contributed by atoms with van der Waals surface area (Å²) >= 11 is 1.49. The maximum atomic E-state index is 13.0. The molecule has 5 nitrogen and oxygen atoms in total. The molecule has 2 fully saturated rings. The minimum Gasteiger partial charge on any atom is -0.391 e. The molecular weight excluding hydrogens is 307 g/mol. The SMILES string of the molecule is O=C1CSCN1CC(=O)N1C[C@@H](O)C[C@H]1c1ccc(F)cc1. The summed E-state index contributed by atoms with van der Waals surface area (Å²) in [5.74, 6) is 0.400. The van der Waals surface area contributed by atoms with Crippen LogP contribution in [0, 0.1) is 5.82 Å². The average molecular weight is 324 g/mol. The molecule has 1 aromatic rings. The number of likely N-dealkylation sites (tertiary alicyclic amines) is 1. The predicted octanol–water partition coefficient (Wildman–Crippen LogP) is 0.993. The Balaban J connectivity index is 1.73. The molecule has 0 aromatic heterocycles. The Labute approximate surface area is 132 Å². The average Bonchev–Trinajstić information content (AvgIpc) is 3.06. The van der Waals surface area contributed by atoms with Crippen molar-refractivity contribution >= 4 is 23.6 Å². The summed E-state index contributed by atoms with van der Waals surface area (Å²) < 4.78 is 13.0. The molecule has 3 rings (SSSR count). The molecule has 0 saturated carbocycles. The van der Waals surface area contributed by atoms with Crippen LogP contribution >= 0.6 is 11.8 Å². The molecule has 0 aliphatic carbocycles. The van der Waals surface area contributed by atoms with Gasteiger partial charge in [-0.2, -0.15) is 0 Å². The van der Waals surface area contributed by atoms with Gasteiger partial charge in [-0.05, 0) is 24.1 Å². The number of thioether (sulfide) groups is 1. The number of aliphatic hydroxyl groups is 1. The molecule has 1 N–H and O–H groups in total. The van der Waals surface area contributed by atoms with Gasteiger partial charge >= 0.3 is 0 Å². The van der Waals surface area contributed by atoms with Crippen molar-refractivity contribution in [2.24, 2.45) is 0 Å². The number of hydrogen-bond donors (Lipinski definition) is 1. The molecule has 2 heterocycles. The molecule has 2 aliphatic heterocycles. The maximum absolute atomic E-state index is 13.0. The van der Waals surface area contributed by atoms with E-state index in [4.69, 9.17) is 0 Å². The Morgan fingerprint density at radius 3 is 2.73 bits per heavy atom. The molecule has 2 saturated heterocycles. The number of β-amino-alcohol motifs (C(OH)–C–C–N with tert-alkyl or cyclic N) is 1. The van der Waals surface area contributed by atoms with Gasteiger partial charge in [0.15, 0.2) is 0 Å². The van der Waals surface area contributed by atoms with Crippen LogP contribution in [0.3, 0.4) is 0 Å². The molecule has 2 amide bonds. The quantitative estimate of drug-likeness (QED) is 0.901. The molecule has 0 spiro atoms. The lowest BCUT2D eigenvalue weighted by Crippen LogP contribution is -2.41. The van der Waals surface area contributed by atoms with Crippen molar-refractivity contribution in [3.63, 3.8) is 0 Å². The molecule has 7 heteroatoms. The zero-order chi connectivity index (χ0) is 15.7. The van der Waals surface area contributed by atoms with Gasteiger partial charge in [-0.15, -0.1) is 11.8 Å². The van der Waals surface area contributed by atoms with Gasteiger partial charge in [0.1, 0.15) is 12.4 Å². The molecule has 0 unspecified atom stereocenters. The number of nitrogens with zero attached hydrogens (tertiary/aromatic N) is 2. The van der Waals surface area contributed by atoms with Crippen molar-refractivity contribution in [1.29, 1.82) is 0 Å². The van der Waals surface area contributed by atoms with E-state index in [0.29, 0.717) is 18.1 Å². The first-order valence-electron chi connectivity index (χ1n) is 7.13. The fourth-order valence-electron chi connectivity index (χ4n) is 2.88. The number of amides is 2. The molecule has 1 aromatic carbocycles. The molecule has 0 bridgehead atoms. The van der Waals surface area contributed by atoms with Gasteiger partial charge in [-0.25, -0.2) is 4.39 Å². The minimum absolute atomic E-state index is 0.0311. The topological polar surface area (TPSA) is 60.9 Å². The maximum Gasteiger partial charge on any atom is 0.242 e. The molecule has 0 radical (unpaired) electrons. The van der Waals surface area contributed by atoms with E-state index in [9.17, 15) is 19.1 Å². The highest BCUT2D eigenvalue weighted by atomic mass is 32.2.